The summed E-state index contributed by atoms with van der Waals surface area (Å²) in [4.78, 5) is 7.32. The van der Waals surface area contributed by atoms with E-state index in [2.05, 4.69) is 24.2 Å². The number of nitrogens with one attached hydrogen (secondary N) is 1. The minimum atomic E-state index is 0.378. The molecule has 3 unspecified atom stereocenters. The highest BCUT2D eigenvalue weighted by Gasteiger charge is 2.40. The molecule has 3 nitrogen and oxygen atoms in total. The van der Waals surface area contributed by atoms with Crippen LogP contribution in [0.5, 0.6) is 0 Å². The molecule has 108 valence electrons. The van der Waals surface area contributed by atoms with Gasteiger partial charge in [0.2, 0.25) is 0 Å². The Hall–Kier alpha value is -0.220. The van der Waals surface area contributed by atoms with Gasteiger partial charge in [-0.05, 0) is 45.2 Å². The van der Waals surface area contributed by atoms with Crippen molar-refractivity contribution < 1.29 is 0 Å². The summed E-state index contributed by atoms with van der Waals surface area (Å²) in [5.74, 6) is 2.11. The first-order chi connectivity index (χ1) is 9.17. The van der Waals surface area contributed by atoms with Crippen LogP contribution in [-0.2, 0) is 0 Å². The average Bonchev–Trinajstić information content (AvgIpc) is 2.94. The number of amidine groups is 1. The van der Waals surface area contributed by atoms with Crippen molar-refractivity contribution in [3.63, 3.8) is 0 Å². The second kappa shape index (κ2) is 5.65. The molecule has 2 saturated heterocycles. The number of aliphatic imine (C=N–C) groups is 1. The molecule has 1 aliphatic carbocycles. The number of hydrogen-bond donors (Lipinski definition) is 1. The van der Waals surface area contributed by atoms with E-state index in [0.29, 0.717) is 11.6 Å². The molecule has 0 amide bonds. The molecule has 3 aliphatic rings. The first-order valence-electron chi connectivity index (χ1n) is 7.83. The molecule has 19 heavy (non-hydrogen) atoms. The lowest BCUT2D eigenvalue weighted by molar-refractivity contribution is 0.242. The van der Waals surface area contributed by atoms with Gasteiger partial charge in [-0.25, -0.2) is 0 Å². The van der Waals surface area contributed by atoms with Gasteiger partial charge in [0, 0.05) is 17.3 Å². The van der Waals surface area contributed by atoms with Crippen molar-refractivity contribution in [3.05, 3.63) is 0 Å². The number of rotatable bonds is 2. The van der Waals surface area contributed by atoms with Gasteiger partial charge in [-0.3, -0.25) is 4.99 Å². The highest BCUT2D eigenvalue weighted by molar-refractivity contribution is 8.14. The summed E-state index contributed by atoms with van der Waals surface area (Å²) in [6.45, 7) is 4.63. The molecule has 0 aromatic rings. The SMILES string of the molecule is CC1CCCC2(CSC(=NCC3CCCN3C)N2)C1. The van der Waals surface area contributed by atoms with Crippen LogP contribution < -0.4 is 5.32 Å². The zero-order valence-electron chi connectivity index (χ0n) is 12.3. The van der Waals surface area contributed by atoms with E-state index < -0.39 is 0 Å². The topological polar surface area (TPSA) is 27.6 Å². The molecule has 0 aromatic heterocycles. The van der Waals surface area contributed by atoms with E-state index in [1.54, 1.807) is 0 Å². The first kappa shape index (κ1) is 13.7. The van der Waals surface area contributed by atoms with Crippen molar-refractivity contribution in [2.75, 3.05) is 25.9 Å². The van der Waals surface area contributed by atoms with Crippen LogP contribution in [0.2, 0.25) is 0 Å². The molecule has 3 fully saturated rings. The summed E-state index contributed by atoms with van der Waals surface area (Å²) < 4.78 is 0. The Balaban J connectivity index is 1.56. The molecule has 1 saturated carbocycles. The smallest absolute Gasteiger partial charge is 0.157 e. The van der Waals surface area contributed by atoms with Crippen LogP contribution in [0.3, 0.4) is 0 Å². The Morgan fingerprint density at radius 2 is 2.32 bits per heavy atom. The Morgan fingerprint density at radius 3 is 3.05 bits per heavy atom. The van der Waals surface area contributed by atoms with E-state index in [0.717, 1.165) is 12.5 Å². The highest BCUT2D eigenvalue weighted by Crippen LogP contribution is 2.38. The Bertz CT molecular complexity index is 357. The van der Waals surface area contributed by atoms with Gasteiger partial charge >= 0.3 is 0 Å². The fraction of sp³-hybridized carbons (Fsp3) is 0.933. The van der Waals surface area contributed by atoms with Crippen LogP contribution >= 0.6 is 11.8 Å². The quantitative estimate of drug-likeness (QED) is 0.843. The van der Waals surface area contributed by atoms with Crippen molar-refractivity contribution in [2.45, 2.75) is 57.0 Å². The number of thioether (sulfide) groups is 1. The zero-order valence-corrected chi connectivity index (χ0v) is 13.1. The Labute approximate surface area is 121 Å². The van der Waals surface area contributed by atoms with Gasteiger partial charge in [0.1, 0.15) is 0 Å². The number of likely N-dealkylation sites (tertiary alicyclic amines) is 1. The second-order valence-corrected chi connectivity index (χ2v) is 7.78. The molecule has 1 N–H and O–H groups in total. The zero-order chi connectivity index (χ0) is 13.3. The molecule has 0 aromatic carbocycles. The maximum atomic E-state index is 4.86. The number of hydrogen-bond acceptors (Lipinski definition) is 3. The predicted octanol–water partition coefficient (Wildman–Crippen LogP) is 2.72. The van der Waals surface area contributed by atoms with Crippen LogP contribution in [-0.4, -0.2) is 47.5 Å². The van der Waals surface area contributed by atoms with Crippen LogP contribution in [0.15, 0.2) is 4.99 Å². The molecule has 1 spiro atoms. The lowest BCUT2D eigenvalue weighted by atomic mass is 9.78. The average molecular weight is 281 g/mol. The minimum absolute atomic E-state index is 0.378. The lowest BCUT2D eigenvalue weighted by Gasteiger charge is -2.36. The third-order valence-corrected chi connectivity index (χ3v) is 6.27. The molecule has 2 heterocycles. The highest BCUT2D eigenvalue weighted by atomic mass is 32.2. The van der Waals surface area contributed by atoms with E-state index in [1.807, 2.05) is 11.8 Å². The van der Waals surface area contributed by atoms with Gasteiger partial charge in [-0.15, -0.1) is 0 Å². The van der Waals surface area contributed by atoms with E-state index in [-0.39, 0.29) is 0 Å². The molecule has 2 aliphatic heterocycles. The van der Waals surface area contributed by atoms with Crippen molar-refractivity contribution in [1.29, 1.82) is 0 Å². The summed E-state index contributed by atoms with van der Waals surface area (Å²) in [6, 6.07) is 0.678. The predicted molar refractivity (Wildman–Crippen MR) is 83.9 cm³/mol. The van der Waals surface area contributed by atoms with E-state index in [1.165, 1.54) is 56.0 Å². The van der Waals surface area contributed by atoms with Crippen molar-refractivity contribution in [1.82, 2.24) is 10.2 Å². The second-order valence-electron chi connectivity index (χ2n) is 6.82. The standard InChI is InChI=1S/C15H27N3S/c1-12-5-3-7-15(9-12)11-19-14(17-15)16-10-13-6-4-8-18(13)2/h12-13H,3-11H2,1-2H3,(H,16,17). The van der Waals surface area contributed by atoms with Gasteiger partial charge in [-0.2, -0.15) is 0 Å². The van der Waals surface area contributed by atoms with Crippen LogP contribution in [0, 0.1) is 5.92 Å². The minimum Gasteiger partial charge on any atom is -0.359 e. The summed E-state index contributed by atoms with van der Waals surface area (Å²) in [7, 11) is 2.23. The van der Waals surface area contributed by atoms with Crippen molar-refractivity contribution >= 4 is 16.9 Å². The number of nitrogens with zero attached hydrogens (tertiary/aromatic N) is 2. The first-order valence-corrected chi connectivity index (χ1v) is 8.81. The van der Waals surface area contributed by atoms with Crippen molar-refractivity contribution in [3.8, 4) is 0 Å². The van der Waals surface area contributed by atoms with Gasteiger partial charge in [-0.1, -0.05) is 31.5 Å². The largest absolute Gasteiger partial charge is 0.359 e. The molecule has 3 rings (SSSR count). The summed E-state index contributed by atoms with van der Waals surface area (Å²) in [5.41, 5.74) is 0.378. The molecule has 3 atom stereocenters. The third-order valence-electron chi connectivity index (χ3n) is 5.07. The molecular formula is C15H27N3S. The fourth-order valence-electron chi connectivity index (χ4n) is 3.89. The summed E-state index contributed by atoms with van der Waals surface area (Å²) in [5, 5.41) is 4.99. The Kier molecular flexibility index (Phi) is 4.08. The van der Waals surface area contributed by atoms with E-state index in [4.69, 9.17) is 4.99 Å². The summed E-state index contributed by atoms with van der Waals surface area (Å²) in [6.07, 6.45) is 8.13. The fourth-order valence-corrected chi connectivity index (χ4v) is 5.10. The third kappa shape index (κ3) is 3.10. The maximum absolute atomic E-state index is 4.86. The monoisotopic (exact) mass is 281 g/mol. The normalized spacial score (nSPS) is 42.1. The van der Waals surface area contributed by atoms with Gasteiger partial charge in [0.05, 0.1) is 6.54 Å². The van der Waals surface area contributed by atoms with E-state index in [9.17, 15) is 0 Å². The number of likely N-dealkylation sites (N-methyl/N-ethyl adjacent to an activating group) is 1. The van der Waals surface area contributed by atoms with Gasteiger partial charge in [0.25, 0.3) is 0 Å². The van der Waals surface area contributed by atoms with Crippen LogP contribution in [0.4, 0.5) is 0 Å². The molecular weight excluding hydrogens is 254 g/mol. The van der Waals surface area contributed by atoms with Gasteiger partial charge < -0.3 is 10.2 Å². The van der Waals surface area contributed by atoms with Crippen LogP contribution in [0.25, 0.3) is 0 Å². The van der Waals surface area contributed by atoms with Gasteiger partial charge in [0.15, 0.2) is 5.17 Å². The molecule has 4 heteroatoms. The lowest BCUT2D eigenvalue weighted by Crippen LogP contribution is -2.47. The molecule has 0 radical (unpaired) electrons. The summed E-state index contributed by atoms with van der Waals surface area (Å²) >= 11 is 1.95. The van der Waals surface area contributed by atoms with Crippen molar-refractivity contribution in [2.24, 2.45) is 10.9 Å². The maximum Gasteiger partial charge on any atom is 0.157 e. The van der Waals surface area contributed by atoms with Crippen LogP contribution in [0.1, 0.15) is 45.4 Å². The molecule has 0 bridgehead atoms. The Morgan fingerprint density at radius 1 is 1.42 bits per heavy atom. The van der Waals surface area contributed by atoms with E-state index >= 15 is 0 Å².